The minimum atomic E-state index is 0.0700. The van der Waals surface area contributed by atoms with Crippen molar-refractivity contribution in [1.82, 2.24) is 4.98 Å². The van der Waals surface area contributed by atoms with Gasteiger partial charge in [-0.05, 0) is 25.0 Å². The van der Waals surface area contributed by atoms with E-state index >= 15 is 0 Å². The zero-order valence-corrected chi connectivity index (χ0v) is 7.53. The molecule has 2 nitrogen and oxygen atoms in total. The van der Waals surface area contributed by atoms with Crippen LogP contribution >= 0.6 is 12.2 Å². The lowest BCUT2D eigenvalue weighted by atomic mass is 10.1. The summed E-state index contributed by atoms with van der Waals surface area (Å²) in [5.74, 6) is 0. The van der Waals surface area contributed by atoms with Gasteiger partial charge < -0.3 is 10.7 Å². The van der Waals surface area contributed by atoms with Gasteiger partial charge in [0.15, 0.2) is 0 Å². The average molecular weight is 168 g/mol. The summed E-state index contributed by atoms with van der Waals surface area (Å²) in [6.45, 7) is 3.93. The molecule has 0 radical (unpaired) electrons. The van der Waals surface area contributed by atoms with Gasteiger partial charge in [-0.1, -0.05) is 18.3 Å². The van der Waals surface area contributed by atoms with E-state index in [2.05, 4.69) is 4.98 Å². The fraction of sp³-hybridized carbons (Fsp3) is 0.375. The number of hydrogen-bond acceptors (Lipinski definition) is 2. The molecule has 0 aromatic carbocycles. The van der Waals surface area contributed by atoms with E-state index in [9.17, 15) is 0 Å². The minimum absolute atomic E-state index is 0.0700. The Balaban J connectivity index is 3.15. The molecule has 0 amide bonds. The molecule has 0 aliphatic rings. The van der Waals surface area contributed by atoms with Gasteiger partial charge in [-0.3, -0.25) is 0 Å². The summed E-state index contributed by atoms with van der Waals surface area (Å²) in [7, 11) is 0. The van der Waals surface area contributed by atoms with Crippen molar-refractivity contribution in [1.29, 1.82) is 0 Å². The highest BCUT2D eigenvalue weighted by Gasteiger charge is 1.98. The molecule has 1 aromatic heterocycles. The number of H-pyrrole nitrogens is 1. The molecule has 11 heavy (non-hydrogen) atoms. The monoisotopic (exact) mass is 168 g/mol. The van der Waals surface area contributed by atoms with Crippen molar-refractivity contribution in [2.45, 2.75) is 19.9 Å². The first kappa shape index (κ1) is 8.43. The Kier molecular flexibility index (Phi) is 2.42. The second-order valence-electron chi connectivity index (χ2n) is 2.73. The van der Waals surface area contributed by atoms with Gasteiger partial charge in [0.05, 0.1) is 0 Å². The van der Waals surface area contributed by atoms with Crippen LogP contribution < -0.4 is 5.73 Å². The summed E-state index contributed by atoms with van der Waals surface area (Å²) in [5.41, 5.74) is 7.85. The molecule has 0 bridgehead atoms. The first-order chi connectivity index (χ1) is 5.11. The van der Waals surface area contributed by atoms with E-state index in [4.69, 9.17) is 18.0 Å². The molecule has 0 fully saturated rings. The van der Waals surface area contributed by atoms with Gasteiger partial charge in [-0.15, -0.1) is 0 Å². The van der Waals surface area contributed by atoms with Gasteiger partial charge in [-0.25, -0.2) is 0 Å². The van der Waals surface area contributed by atoms with Crippen LogP contribution in [0.4, 0.5) is 0 Å². The van der Waals surface area contributed by atoms with Gasteiger partial charge in [0.1, 0.15) is 4.64 Å². The van der Waals surface area contributed by atoms with E-state index in [1.54, 1.807) is 0 Å². The minimum Gasteiger partial charge on any atom is -0.352 e. The topological polar surface area (TPSA) is 41.8 Å². The summed E-state index contributed by atoms with van der Waals surface area (Å²) in [5, 5.41) is 0. The van der Waals surface area contributed by atoms with E-state index in [-0.39, 0.29) is 6.04 Å². The summed E-state index contributed by atoms with van der Waals surface area (Å²) in [6, 6.07) is 2.09. The highest BCUT2D eigenvalue weighted by Crippen LogP contribution is 2.09. The number of pyridine rings is 1. The second-order valence-corrected chi connectivity index (χ2v) is 3.14. The highest BCUT2D eigenvalue weighted by molar-refractivity contribution is 7.71. The quantitative estimate of drug-likeness (QED) is 0.630. The van der Waals surface area contributed by atoms with Gasteiger partial charge in [0.2, 0.25) is 0 Å². The zero-order valence-electron chi connectivity index (χ0n) is 6.72. The van der Waals surface area contributed by atoms with Crippen molar-refractivity contribution >= 4 is 12.2 Å². The molecule has 0 saturated carbocycles. The largest absolute Gasteiger partial charge is 0.352 e. The first-order valence-electron chi connectivity index (χ1n) is 3.56. The molecule has 0 saturated heterocycles. The average Bonchev–Trinajstić information content (AvgIpc) is 1.94. The number of nitrogens with two attached hydrogens (primary N) is 1. The number of rotatable bonds is 1. The number of aryl methyl sites for hydroxylation is 1. The molecule has 1 unspecified atom stereocenters. The SMILES string of the molecule is Cc1cc(C(C)N)c[nH]c1=S. The van der Waals surface area contributed by atoms with Crippen LogP contribution in [-0.2, 0) is 0 Å². The Morgan fingerprint density at radius 1 is 1.64 bits per heavy atom. The van der Waals surface area contributed by atoms with Crippen LogP contribution in [-0.4, -0.2) is 4.98 Å². The molecule has 1 aromatic rings. The van der Waals surface area contributed by atoms with Crippen LogP contribution in [0.15, 0.2) is 12.3 Å². The standard InChI is InChI=1S/C8H12N2S/c1-5-3-7(6(2)9)4-10-8(5)11/h3-4,6H,9H2,1-2H3,(H,10,11). The Morgan fingerprint density at radius 3 is 2.73 bits per heavy atom. The predicted molar refractivity (Wildman–Crippen MR) is 49.0 cm³/mol. The maximum atomic E-state index is 5.68. The second kappa shape index (κ2) is 3.15. The molecule has 1 rings (SSSR count). The van der Waals surface area contributed by atoms with Crippen LogP contribution in [0.3, 0.4) is 0 Å². The van der Waals surface area contributed by atoms with Gasteiger partial charge >= 0.3 is 0 Å². The summed E-state index contributed by atoms with van der Waals surface area (Å²) in [4.78, 5) is 2.98. The molecule has 3 heteroatoms. The fourth-order valence-corrected chi connectivity index (χ4v) is 1.00. The number of aromatic amines is 1. The Bertz CT molecular complexity index is 301. The fourth-order valence-electron chi connectivity index (χ4n) is 0.883. The van der Waals surface area contributed by atoms with Crippen LogP contribution in [0.2, 0.25) is 0 Å². The third-order valence-corrected chi connectivity index (χ3v) is 2.08. The van der Waals surface area contributed by atoms with Crippen LogP contribution in [0.1, 0.15) is 24.1 Å². The number of nitrogens with one attached hydrogen (secondary N) is 1. The predicted octanol–water partition coefficient (Wildman–Crippen LogP) is 2.07. The molecular formula is C8H12N2S. The molecular weight excluding hydrogens is 156 g/mol. The van der Waals surface area contributed by atoms with E-state index in [1.165, 1.54) is 0 Å². The third-order valence-electron chi connectivity index (χ3n) is 1.64. The van der Waals surface area contributed by atoms with Crippen molar-refractivity contribution in [3.05, 3.63) is 28.0 Å². The molecule has 3 N–H and O–H groups in total. The first-order valence-corrected chi connectivity index (χ1v) is 3.97. The number of hydrogen-bond donors (Lipinski definition) is 2. The van der Waals surface area contributed by atoms with E-state index in [1.807, 2.05) is 26.1 Å². The maximum Gasteiger partial charge on any atom is 0.106 e. The van der Waals surface area contributed by atoms with Gasteiger partial charge in [0, 0.05) is 12.2 Å². The molecule has 1 atom stereocenters. The van der Waals surface area contributed by atoms with E-state index in [0.29, 0.717) is 0 Å². The summed E-state index contributed by atoms with van der Waals surface area (Å²) >= 11 is 5.00. The van der Waals surface area contributed by atoms with Crippen molar-refractivity contribution in [3.8, 4) is 0 Å². The van der Waals surface area contributed by atoms with Crippen LogP contribution in [0.25, 0.3) is 0 Å². The Morgan fingerprint density at radius 2 is 2.27 bits per heavy atom. The van der Waals surface area contributed by atoms with E-state index < -0.39 is 0 Å². The van der Waals surface area contributed by atoms with Crippen LogP contribution in [0.5, 0.6) is 0 Å². The summed E-state index contributed by atoms with van der Waals surface area (Å²) < 4.78 is 0.786. The van der Waals surface area contributed by atoms with Crippen molar-refractivity contribution in [2.24, 2.45) is 5.73 Å². The van der Waals surface area contributed by atoms with Crippen LogP contribution in [0, 0.1) is 11.6 Å². The lowest BCUT2D eigenvalue weighted by Gasteiger charge is -2.05. The zero-order chi connectivity index (χ0) is 8.43. The molecule has 0 aliphatic carbocycles. The maximum absolute atomic E-state index is 5.68. The summed E-state index contributed by atoms with van der Waals surface area (Å²) in [6.07, 6.45) is 1.86. The molecule has 0 spiro atoms. The lowest BCUT2D eigenvalue weighted by Crippen LogP contribution is -2.05. The third kappa shape index (κ3) is 1.88. The van der Waals surface area contributed by atoms with Gasteiger partial charge in [-0.2, -0.15) is 0 Å². The van der Waals surface area contributed by atoms with Crippen molar-refractivity contribution in [2.75, 3.05) is 0 Å². The Hall–Kier alpha value is -0.670. The molecule has 60 valence electrons. The normalized spacial score (nSPS) is 13.0. The van der Waals surface area contributed by atoms with Gasteiger partial charge in [0.25, 0.3) is 0 Å². The Labute approximate surface area is 71.4 Å². The van der Waals surface area contributed by atoms with E-state index in [0.717, 1.165) is 15.8 Å². The molecule has 0 aliphatic heterocycles. The van der Waals surface area contributed by atoms with Crippen molar-refractivity contribution in [3.63, 3.8) is 0 Å². The number of aromatic nitrogens is 1. The highest BCUT2D eigenvalue weighted by atomic mass is 32.1. The smallest absolute Gasteiger partial charge is 0.106 e. The lowest BCUT2D eigenvalue weighted by molar-refractivity contribution is 0.809. The molecule has 1 heterocycles. The van der Waals surface area contributed by atoms with Crippen molar-refractivity contribution < 1.29 is 0 Å².